The minimum absolute atomic E-state index is 0. The van der Waals surface area contributed by atoms with Gasteiger partial charge in [0.05, 0.1) is 0 Å². The first-order valence-corrected chi connectivity index (χ1v) is 2.00. The van der Waals surface area contributed by atoms with Crippen molar-refractivity contribution >= 4 is 184 Å². The Bertz CT molecular complexity index is 210. The van der Waals surface area contributed by atoms with Gasteiger partial charge in [0.1, 0.15) is 0 Å². The second-order valence-electron chi connectivity index (χ2n) is 0.408. The van der Waals surface area contributed by atoms with Crippen molar-refractivity contribution in [1.29, 1.82) is 0 Å². The third-order valence-electron chi connectivity index (χ3n) is 0. The predicted octanol–water partition coefficient (Wildman–Crippen LogP) is -14.8. The van der Waals surface area contributed by atoms with Crippen LogP contribution in [0.4, 0.5) is 0 Å². The Kier molecular flexibility index (Phi) is 1150. The minimum atomic E-state index is -5.17. The second kappa shape index (κ2) is 157. The van der Waals surface area contributed by atoms with Crippen molar-refractivity contribution in [2.24, 2.45) is 0 Å². The number of hydrogen-bond donors (Lipinski definition) is 0. The van der Waals surface area contributed by atoms with Crippen LogP contribution in [0.2, 0.25) is 0 Å². The van der Waals surface area contributed by atoms with Crippen LogP contribution in [0.3, 0.4) is 0 Å². The maximum Gasteiger partial charge on any atom is 4.00 e. The molecule has 0 heterocycles. The molecule has 0 bridgehead atoms. The maximum absolute atomic E-state index is 8.52. The molecule has 0 saturated carbocycles. The van der Waals surface area contributed by atoms with E-state index in [1.165, 1.54) is 0 Å². The van der Waals surface area contributed by atoms with Gasteiger partial charge in [0.15, 0.2) is 0 Å². The summed E-state index contributed by atoms with van der Waals surface area (Å²) in [5.41, 5.74) is 0. The molecule has 0 aromatic heterocycles. The van der Waals surface area contributed by atoms with Gasteiger partial charge >= 0.3 is 489 Å². The van der Waals surface area contributed by atoms with Crippen LogP contribution in [-0.2, 0) is 245 Å². The van der Waals surface area contributed by atoms with Gasteiger partial charge in [-0.2, -0.15) is 0 Å². The molecule has 8 radical (unpaired) electrons. The van der Waals surface area contributed by atoms with Gasteiger partial charge in [0.2, 0.25) is 0 Å². The van der Waals surface area contributed by atoms with Crippen molar-refractivity contribution in [3.05, 3.63) is 0 Å². The molecule has 0 aliphatic rings. The number of halogens is 2. The summed E-state index contributed by atoms with van der Waals surface area (Å²) in [4.78, 5) is 0. The van der Waals surface area contributed by atoms with Crippen molar-refractivity contribution in [2.75, 3.05) is 0 Å². The van der Waals surface area contributed by atoms with Gasteiger partial charge in [-0.3, -0.25) is 8.42 Å². The fourth-order valence-corrected chi connectivity index (χ4v) is 0. The average molecular weight is 1650 g/mol. The van der Waals surface area contributed by atoms with Crippen LogP contribution >= 0.6 is 9.90 Å². The molecule has 0 saturated heterocycles. The Morgan fingerprint density at radius 3 is 1.04 bits per heavy atom. The summed E-state index contributed by atoms with van der Waals surface area (Å²) in [5.74, 6) is 0. The van der Waals surface area contributed by atoms with Crippen molar-refractivity contribution in [3.63, 3.8) is 0 Å². The zero-order valence-electron chi connectivity index (χ0n) is 14.2. The largest absolute Gasteiger partial charge is 4.00 e. The van der Waals surface area contributed by atoms with Gasteiger partial charge in [0.25, 0.3) is 0 Å². The van der Waals surface area contributed by atoms with Gasteiger partial charge in [-0.05, 0) is 0 Å². The summed E-state index contributed by atoms with van der Waals surface area (Å²) in [6.45, 7) is 0. The molecule has 0 aliphatic heterocycles. The fourth-order valence-electron chi connectivity index (χ4n) is 0. The first-order chi connectivity index (χ1) is 2.00. The van der Waals surface area contributed by atoms with Gasteiger partial charge in [-0.1, -0.05) is 0 Å². The Morgan fingerprint density at radius 2 is 1.04 bits per heavy atom. The molecule has 0 atom stereocenters. The quantitative estimate of drug-likeness (QED) is 0.105. The molecule has 4 nitrogen and oxygen atoms in total. The zero-order valence-corrected chi connectivity index (χ0v) is 56.0. The molecule has 0 N–H and O–H groups in total. The van der Waals surface area contributed by atoms with E-state index in [1.807, 2.05) is 0 Å². The SMILES string of the molecule is O=S(=O)([O-])[O-].[Ag+].[Al+3].[Ba+2].[Be+2].[Bi+3].[Ca+2].[Cd+2].[Cl-].[Co+2].[Cr+3].[Cu+2].[F-].[Fe+2].[K+].[Mg+2].[Mn+2].[Mo+4].[Na+].[Ni+2].[P+3].[Ti+4].[W+4].[Zn+2]. The van der Waals surface area contributed by atoms with Crippen molar-refractivity contribution < 1.29 is 350 Å². The summed E-state index contributed by atoms with van der Waals surface area (Å²) >= 11 is 0. The van der Waals surface area contributed by atoms with Crippen molar-refractivity contribution in [1.82, 2.24) is 0 Å². The van der Waals surface area contributed by atoms with E-state index in [9.17, 15) is 0 Å². The fraction of sp³-hybridized carbons (Fsp3) is 0. The summed E-state index contributed by atoms with van der Waals surface area (Å²) in [6.07, 6.45) is 0. The van der Waals surface area contributed by atoms with Crippen LogP contribution in [0, 0.1) is 0 Å². The topological polar surface area (TPSA) is 80.3 Å². The third kappa shape index (κ3) is 279. The average Bonchev–Trinajstić information content (AvgIpc) is 0.722. The molecule has 0 rings (SSSR count). The molecule has 104 valence electrons. The number of hydrogen-bond acceptors (Lipinski definition) is 4. The Balaban J connectivity index is -0.000000000316. The molecule has 0 spiro atoms. The van der Waals surface area contributed by atoms with E-state index < -0.39 is 10.4 Å². The molecule has 28 heteroatoms. The Hall–Kier alpha value is 15.8. The minimum Gasteiger partial charge on any atom is -1.00 e. The third-order valence-corrected chi connectivity index (χ3v) is 0. The Labute approximate surface area is 518 Å². The van der Waals surface area contributed by atoms with Gasteiger partial charge in [-0.25, -0.2) is 0 Å². The molecule has 0 fully saturated rings. The van der Waals surface area contributed by atoms with E-state index in [-0.39, 0.29) is 506 Å². The molecular weight excluding hydrogens is 1650 g/mol. The van der Waals surface area contributed by atoms with Gasteiger partial charge < -0.3 is 26.2 Å². The molecule has 0 aromatic carbocycles. The van der Waals surface area contributed by atoms with Crippen LogP contribution in [0.1, 0.15) is 0 Å². The first-order valence-electron chi connectivity index (χ1n) is 0.667. The van der Waals surface area contributed by atoms with E-state index in [2.05, 4.69) is 0 Å². The maximum atomic E-state index is 8.52. The van der Waals surface area contributed by atoms with E-state index >= 15 is 0 Å². The van der Waals surface area contributed by atoms with Crippen molar-refractivity contribution in [2.45, 2.75) is 0 Å². The molecule has 0 aliphatic carbocycles. The summed E-state index contributed by atoms with van der Waals surface area (Å²) in [7, 11) is -5.17. The molecule has 28 heavy (non-hydrogen) atoms. The van der Waals surface area contributed by atoms with E-state index in [1.54, 1.807) is 0 Å². The first kappa shape index (κ1) is 205. The van der Waals surface area contributed by atoms with E-state index in [4.69, 9.17) is 17.5 Å². The zero-order chi connectivity index (χ0) is 4.50. The van der Waals surface area contributed by atoms with Crippen LogP contribution in [0.5, 0.6) is 0 Å². The van der Waals surface area contributed by atoms with Crippen LogP contribution in [0.25, 0.3) is 0 Å². The molecule has 0 unspecified atom stereocenters. The summed E-state index contributed by atoms with van der Waals surface area (Å²) < 4.78 is 34.1. The second-order valence-corrected chi connectivity index (χ2v) is 1.22. The van der Waals surface area contributed by atoms with Crippen LogP contribution in [0.15, 0.2) is 0 Å². The van der Waals surface area contributed by atoms with Crippen LogP contribution < -0.4 is 98.1 Å². The monoisotopic (exact) mass is 1650 g/mol. The summed E-state index contributed by atoms with van der Waals surface area (Å²) in [6, 6.07) is 0. The standard InChI is InChI=1S/Ag.Al.Ba.Be.Bi.Ca.Cd.ClH.Co.Cr.Cu.FH.Fe.K.Mg.Mn.Mo.Na.Ni.H2O4S.P.Ti.W.Zn/c;;;;;;;;;;;;;;;;;;;1-5(2,3)4;;;;/h;;;;;;;1H;;;;1H;;;;;;;;(H2,1,2,3,4);;;;/q+1;+3;2*+2;+3;2*+2;;+2;+3;+2;;+2;+1;2*+2;+4;+1;+2;;+3;2*+4;+2/p-4. The normalized spacial score (nSPS) is 2.07. The van der Waals surface area contributed by atoms with Gasteiger partial charge in [-0.15, -0.1) is 0 Å². The Morgan fingerprint density at radius 1 is 1.04 bits per heavy atom. The predicted molar refractivity (Wildman–Crippen MR) is 51.9 cm³/mol. The number of rotatable bonds is 0. The summed E-state index contributed by atoms with van der Waals surface area (Å²) in [5, 5.41) is 0. The molecule has 0 aromatic rings. The van der Waals surface area contributed by atoms with E-state index in [0.29, 0.717) is 0 Å². The van der Waals surface area contributed by atoms with Crippen LogP contribution in [-0.4, -0.2) is 181 Å². The van der Waals surface area contributed by atoms with Gasteiger partial charge in [0, 0.05) is 10.4 Å². The smallest absolute Gasteiger partial charge is 1.00 e. The van der Waals surface area contributed by atoms with E-state index in [0.717, 1.165) is 0 Å². The van der Waals surface area contributed by atoms with Crippen molar-refractivity contribution in [3.8, 4) is 0 Å². The molecule has 0 amide bonds. The molecular formula is AgAlBaBeBiCaCdClCoCrCuFFeKMgMnMoNaNiO4PSTiWZn+45.